The Morgan fingerprint density at radius 3 is 2.71 bits per heavy atom. The average molecular weight is 261 g/mol. The lowest BCUT2D eigenvalue weighted by atomic mass is 9.92. The molecule has 0 spiro atoms. The van der Waals surface area contributed by atoms with E-state index < -0.39 is 11.6 Å². The van der Waals surface area contributed by atoms with Crippen molar-refractivity contribution in [3.05, 3.63) is 34.4 Å². The Balaban J connectivity index is 2.26. The molecule has 1 atom stereocenters. The Morgan fingerprint density at radius 2 is 2.06 bits per heavy atom. The van der Waals surface area contributed by atoms with E-state index in [0.29, 0.717) is 19.6 Å². The van der Waals surface area contributed by atoms with Crippen LogP contribution in [-0.4, -0.2) is 19.0 Å². The standard InChI is InChI=1S/C12H11ClF2O2/c13-9-5-11(15)10(14)4-8(9)12(16)7-2-1-3-17-6-7/h4-5,7H,1-3,6H2. The van der Waals surface area contributed by atoms with Gasteiger partial charge in [-0.15, -0.1) is 0 Å². The second-order valence-electron chi connectivity index (χ2n) is 4.02. The molecular formula is C12H11ClF2O2. The number of Topliss-reactive ketones (excluding diaryl/α,β-unsaturated/α-hetero) is 1. The highest BCUT2D eigenvalue weighted by molar-refractivity contribution is 6.34. The monoisotopic (exact) mass is 260 g/mol. The van der Waals surface area contributed by atoms with Crippen molar-refractivity contribution in [2.75, 3.05) is 13.2 Å². The van der Waals surface area contributed by atoms with Crippen LogP contribution in [0.15, 0.2) is 12.1 Å². The second kappa shape index (κ2) is 5.10. The van der Waals surface area contributed by atoms with Crippen molar-refractivity contribution in [1.29, 1.82) is 0 Å². The van der Waals surface area contributed by atoms with E-state index in [1.807, 2.05) is 0 Å². The number of carbonyl (C=O) groups is 1. The van der Waals surface area contributed by atoms with E-state index in [2.05, 4.69) is 0 Å². The first-order chi connectivity index (χ1) is 8.09. The molecule has 2 nitrogen and oxygen atoms in total. The van der Waals surface area contributed by atoms with Gasteiger partial charge in [0.2, 0.25) is 0 Å². The predicted octanol–water partition coefficient (Wildman–Crippen LogP) is 3.23. The molecule has 1 aliphatic rings. The Morgan fingerprint density at radius 1 is 1.35 bits per heavy atom. The second-order valence-corrected chi connectivity index (χ2v) is 4.43. The number of rotatable bonds is 2. The molecule has 0 bridgehead atoms. The fourth-order valence-corrected chi connectivity index (χ4v) is 2.12. The fraction of sp³-hybridized carbons (Fsp3) is 0.417. The van der Waals surface area contributed by atoms with Crippen LogP contribution in [0.2, 0.25) is 5.02 Å². The summed E-state index contributed by atoms with van der Waals surface area (Å²) < 4.78 is 31.1. The quantitative estimate of drug-likeness (QED) is 0.603. The van der Waals surface area contributed by atoms with Crippen LogP contribution in [0.1, 0.15) is 23.2 Å². The predicted molar refractivity (Wildman–Crippen MR) is 59.2 cm³/mol. The first-order valence-electron chi connectivity index (χ1n) is 5.36. The fourth-order valence-electron chi connectivity index (χ4n) is 1.88. The molecule has 1 unspecified atom stereocenters. The molecular weight excluding hydrogens is 250 g/mol. The van der Waals surface area contributed by atoms with E-state index in [1.54, 1.807) is 0 Å². The maximum atomic E-state index is 13.1. The molecule has 0 amide bonds. The molecule has 1 saturated heterocycles. The lowest BCUT2D eigenvalue weighted by molar-refractivity contribution is 0.0461. The van der Waals surface area contributed by atoms with Gasteiger partial charge >= 0.3 is 0 Å². The first-order valence-corrected chi connectivity index (χ1v) is 5.74. The SMILES string of the molecule is O=C(c1cc(F)c(F)cc1Cl)C1CCCOC1. The van der Waals surface area contributed by atoms with Crippen molar-refractivity contribution < 1.29 is 18.3 Å². The number of ketones is 1. The number of carbonyl (C=O) groups excluding carboxylic acids is 1. The lowest BCUT2D eigenvalue weighted by Gasteiger charge is -2.21. The molecule has 5 heteroatoms. The van der Waals surface area contributed by atoms with Crippen LogP contribution >= 0.6 is 11.6 Å². The summed E-state index contributed by atoms with van der Waals surface area (Å²) in [4.78, 5) is 12.0. The van der Waals surface area contributed by atoms with Gasteiger partial charge in [0.05, 0.1) is 11.6 Å². The molecule has 0 radical (unpaired) electrons. The van der Waals surface area contributed by atoms with Crippen LogP contribution in [0.5, 0.6) is 0 Å². The Kier molecular flexibility index (Phi) is 3.74. The number of hydrogen-bond acceptors (Lipinski definition) is 2. The molecule has 0 aromatic heterocycles. The number of halogens is 3. The minimum absolute atomic E-state index is 0.0288. The molecule has 0 saturated carbocycles. The number of benzene rings is 1. The molecule has 92 valence electrons. The van der Waals surface area contributed by atoms with Crippen LogP contribution in [-0.2, 0) is 4.74 Å². The molecule has 17 heavy (non-hydrogen) atoms. The highest BCUT2D eigenvalue weighted by Gasteiger charge is 2.25. The Bertz CT molecular complexity index is 442. The van der Waals surface area contributed by atoms with E-state index in [0.717, 1.165) is 18.6 Å². The largest absolute Gasteiger partial charge is 0.381 e. The van der Waals surface area contributed by atoms with Crippen molar-refractivity contribution in [2.24, 2.45) is 5.92 Å². The topological polar surface area (TPSA) is 26.3 Å². The van der Waals surface area contributed by atoms with Gasteiger partial charge in [0, 0.05) is 18.1 Å². The van der Waals surface area contributed by atoms with Gasteiger partial charge in [-0.1, -0.05) is 11.6 Å². The highest BCUT2D eigenvalue weighted by Crippen LogP contribution is 2.25. The molecule has 1 aliphatic heterocycles. The van der Waals surface area contributed by atoms with Crippen LogP contribution in [0.4, 0.5) is 8.78 Å². The van der Waals surface area contributed by atoms with Gasteiger partial charge < -0.3 is 4.74 Å². The van der Waals surface area contributed by atoms with E-state index in [-0.39, 0.29) is 22.3 Å². The maximum absolute atomic E-state index is 13.1. The van der Waals surface area contributed by atoms with Gasteiger partial charge in [0.15, 0.2) is 17.4 Å². The summed E-state index contributed by atoms with van der Waals surface area (Å²) in [6.45, 7) is 0.948. The van der Waals surface area contributed by atoms with Crippen LogP contribution in [0, 0.1) is 17.6 Å². The normalized spacial score (nSPS) is 20.3. The molecule has 1 fully saturated rings. The summed E-state index contributed by atoms with van der Waals surface area (Å²) in [5, 5.41) is -0.0560. The molecule has 1 aromatic carbocycles. The number of ether oxygens (including phenoxy) is 1. The summed E-state index contributed by atoms with van der Waals surface area (Å²) in [6.07, 6.45) is 1.48. The van der Waals surface area contributed by atoms with Crippen LogP contribution in [0.3, 0.4) is 0 Å². The molecule has 0 aliphatic carbocycles. The van der Waals surface area contributed by atoms with Crippen molar-refractivity contribution >= 4 is 17.4 Å². The van der Waals surface area contributed by atoms with Gasteiger partial charge in [-0.25, -0.2) is 8.78 Å². The van der Waals surface area contributed by atoms with Crippen molar-refractivity contribution in [1.82, 2.24) is 0 Å². The minimum atomic E-state index is -1.06. The minimum Gasteiger partial charge on any atom is -0.381 e. The summed E-state index contributed by atoms with van der Waals surface area (Å²) >= 11 is 5.75. The third-order valence-electron chi connectivity index (χ3n) is 2.81. The molecule has 0 N–H and O–H groups in total. The summed E-state index contributed by atoms with van der Waals surface area (Å²) in [5.41, 5.74) is 0.0288. The molecule has 1 heterocycles. The zero-order chi connectivity index (χ0) is 12.4. The summed E-state index contributed by atoms with van der Waals surface area (Å²) in [6, 6.07) is 1.68. The van der Waals surface area contributed by atoms with E-state index >= 15 is 0 Å². The lowest BCUT2D eigenvalue weighted by Crippen LogP contribution is -2.25. The van der Waals surface area contributed by atoms with E-state index in [1.165, 1.54) is 0 Å². The zero-order valence-electron chi connectivity index (χ0n) is 9.01. The average Bonchev–Trinajstić information content (AvgIpc) is 2.34. The van der Waals surface area contributed by atoms with Crippen LogP contribution in [0.25, 0.3) is 0 Å². The maximum Gasteiger partial charge on any atom is 0.169 e. The molecule has 1 aromatic rings. The highest BCUT2D eigenvalue weighted by atomic mass is 35.5. The van der Waals surface area contributed by atoms with Gasteiger partial charge in [0.1, 0.15) is 0 Å². The van der Waals surface area contributed by atoms with Crippen molar-refractivity contribution in [3.8, 4) is 0 Å². The third-order valence-corrected chi connectivity index (χ3v) is 3.12. The van der Waals surface area contributed by atoms with Gasteiger partial charge in [-0.3, -0.25) is 4.79 Å². The van der Waals surface area contributed by atoms with Crippen molar-refractivity contribution in [2.45, 2.75) is 12.8 Å². The molecule has 2 rings (SSSR count). The van der Waals surface area contributed by atoms with E-state index in [4.69, 9.17) is 16.3 Å². The van der Waals surface area contributed by atoms with Crippen LogP contribution < -0.4 is 0 Å². The first kappa shape index (κ1) is 12.5. The Hall–Kier alpha value is -1.00. The summed E-state index contributed by atoms with van der Waals surface area (Å²) in [7, 11) is 0. The van der Waals surface area contributed by atoms with Gasteiger partial charge in [-0.2, -0.15) is 0 Å². The van der Waals surface area contributed by atoms with Gasteiger partial charge in [-0.05, 0) is 25.0 Å². The zero-order valence-corrected chi connectivity index (χ0v) is 9.77. The number of hydrogen-bond donors (Lipinski definition) is 0. The third kappa shape index (κ3) is 2.64. The van der Waals surface area contributed by atoms with Gasteiger partial charge in [0.25, 0.3) is 0 Å². The van der Waals surface area contributed by atoms with E-state index in [9.17, 15) is 13.6 Å². The summed E-state index contributed by atoms with van der Waals surface area (Å²) in [5.74, 6) is -2.71. The smallest absolute Gasteiger partial charge is 0.169 e. The van der Waals surface area contributed by atoms with Crippen molar-refractivity contribution in [3.63, 3.8) is 0 Å². The Labute approximate surface area is 103 Å².